The summed E-state index contributed by atoms with van der Waals surface area (Å²) in [4.78, 5) is 5.08. The molecule has 0 bridgehead atoms. The highest BCUT2D eigenvalue weighted by atomic mass is 15.4. The summed E-state index contributed by atoms with van der Waals surface area (Å²) in [5, 5.41) is 0. The molecule has 17 heavy (non-hydrogen) atoms. The van der Waals surface area contributed by atoms with Gasteiger partial charge in [-0.25, -0.2) is 0 Å². The van der Waals surface area contributed by atoms with Crippen LogP contribution in [0, 0.1) is 0 Å². The van der Waals surface area contributed by atoms with Crippen LogP contribution in [0.2, 0.25) is 0 Å². The zero-order valence-corrected chi connectivity index (χ0v) is 12.0. The first-order valence-electron chi connectivity index (χ1n) is 7.53. The van der Waals surface area contributed by atoms with Gasteiger partial charge in [0, 0.05) is 25.5 Å². The van der Waals surface area contributed by atoms with Gasteiger partial charge in [-0.1, -0.05) is 40.0 Å². The van der Waals surface area contributed by atoms with Crippen LogP contribution in [-0.4, -0.2) is 29.1 Å². The summed E-state index contributed by atoms with van der Waals surface area (Å²) in [6, 6.07) is 0. The highest BCUT2D eigenvalue weighted by Crippen LogP contribution is 2.22. The zero-order chi connectivity index (χ0) is 12.5. The lowest BCUT2D eigenvalue weighted by Gasteiger charge is -2.33. The minimum Gasteiger partial charge on any atom is -0.356 e. The molecule has 1 aliphatic heterocycles. The van der Waals surface area contributed by atoms with Gasteiger partial charge in [-0.2, -0.15) is 0 Å². The number of nitrogens with zero attached hydrogens (tertiary/aromatic N) is 2. The molecule has 1 heterocycles. The van der Waals surface area contributed by atoms with Gasteiger partial charge in [0.25, 0.3) is 0 Å². The summed E-state index contributed by atoms with van der Waals surface area (Å²) in [5.74, 6) is 0. The topological polar surface area (TPSA) is 6.48 Å². The Kier molecular flexibility index (Phi) is 7.14. The van der Waals surface area contributed by atoms with Gasteiger partial charge in [0.2, 0.25) is 0 Å². The molecule has 1 rings (SSSR count). The Morgan fingerprint density at radius 2 is 1.41 bits per heavy atom. The van der Waals surface area contributed by atoms with Crippen LogP contribution >= 0.6 is 0 Å². The molecule has 2 nitrogen and oxygen atoms in total. The first kappa shape index (κ1) is 14.4. The molecule has 0 aromatic rings. The van der Waals surface area contributed by atoms with Crippen molar-refractivity contribution in [2.24, 2.45) is 0 Å². The predicted molar refractivity (Wildman–Crippen MR) is 75.7 cm³/mol. The standard InChI is InChI=1S/C15H30N2/c1-4-7-9-10-15-16(11-6-3)13-14-17(15)12-8-5-2/h13-15H,4-12H2,1-3H3. The fraction of sp³-hybridized carbons (Fsp3) is 0.867. The Hall–Kier alpha value is -0.660. The molecule has 2 heteroatoms. The van der Waals surface area contributed by atoms with Gasteiger partial charge in [0.1, 0.15) is 6.17 Å². The molecule has 0 aromatic heterocycles. The van der Waals surface area contributed by atoms with E-state index < -0.39 is 0 Å². The molecule has 0 aromatic carbocycles. The Bertz CT molecular complexity index is 213. The van der Waals surface area contributed by atoms with Crippen molar-refractivity contribution in [1.29, 1.82) is 0 Å². The SMILES string of the molecule is CCCCCC1N(CCC)C=CN1CCCC. The normalized spacial score (nSPS) is 19.4. The Morgan fingerprint density at radius 1 is 0.765 bits per heavy atom. The maximum absolute atomic E-state index is 2.55. The highest BCUT2D eigenvalue weighted by Gasteiger charge is 2.24. The molecule has 0 radical (unpaired) electrons. The van der Waals surface area contributed by atoms with Crippen LogP contribution in [-0.2, 0) is 0 Å². The summed E-state index contributed by atoms with van der Waals surface area (Å²) in [6.45, 7) is 9.26. The summed E-state index contributed by atoms with van der Waals surface area (Å²) in [7, 11) is 0. The molecule has 0 spiro atoms. The van der Waals surface area contributed by atoms with Crippen molar-refractivity contribution < 1.29 is 0 Å². The molecule has 0 saturated heterocycles. The largest absolute Gasteiger partial charge is 0.356 e. The van der Waals surface area contributed by atoms with Gasteiger partial charge in [0.15, 0.2) is 0 Å². The van der Waals surface area contributed by atoms with Crippen molar-refractivity contribution >= 4 is 0 Å². The van der Waals surface area contributed by atoms with Crippen molar-refractivity contribution in [1.82, 2.24) is 9.80 Å². The molecule has 1 atom stereocenters. The Balaban J connectivity index is 2.42. The van der Waals surface area contributed by atoms with E-state index in [4.69, 9.17) is 0 Å². The second-order valence-electron chi connectivity index (χ2n) is 5.10. The molecule has 0 fully saturated rings. The number of hydrogen-bond acceptors (Lipinski definition) is 2. The molecule has 0 amide bonds. The second kappa shape index (κ2) is 8.43. The fourth-order valence-electron chi connectivity index (χ4n) is 2.52. The molecule has 0 N–H and O–H groups in total. The monoisotopic (exact) mass is 238 g/mol. The van der Waals surface area contributed by atoms with Crippen LogP contribution < -0.4 is 0 Å². The van der Waals surface area contributed by atoms with Gasteiger partial charge in [0.05, 0.1) is 0 Å². The molecular weight excluding hydrogens is 208 g/mol. The molecular formula is C15H30N2. The predicted octanol–water partition coefficient (Wildman–Crippen LogP) is 4.19. The van der Waals surface area contributed by atoms with E-state index in [1.165, 1.54) is 58.0 Å². The summed E-state index contributed by atoms with van der Waals surface area (Å²) in [5.41, 5.74) is 0. The zero-order valence-electron chi connectivity index (χ0n) is 12.0. The number of unbranched alkanes of at least 4 members (excludes halogenated alkanes) is 3. The van der Waals surface area contributed by atoms with Gasteiger partial charge >= 0.3 is 0 Å². The van der Waals surface area contributed by atoms with E-state index in [1.54, 1.807) is 0 Å². The maximum atomic E-state index is 2.55. The minimum atomic E-state index is 0.646. The lowest BCUT2D eigenvalue weighted by atomic mass is 10.1. The smallest absolute Gasteiger partial charge is 0.101 e. The second-order valence-corrected chi connectivity index (χ2v) is 5.10. The first-order chi connectivity index (χ1) is 8.33. The van der Waals surface area contributed by atoms with Crippen molar-refractivity contribution in [3.05, 3.63) is 12.4 Å². The first-order valence-corrected chi connectivity index (χ1v) is 7.53. The molecule has 0 aliphatic carbocycles. The van der Waals surface area contributed by atoms with E-state index in [0.717, 1.165) is 0 Å². The molecule has 0 saturated carbocycles. The summed E-state index contributed by atoms with van der Waals surface area (Å²) < 4.78 is 0. The van der Waals surface area contributed by atoms with Crippen molar-refractivity contribution in [2.45, 2.75) is 71.9 Å². The molecule has 1 aliphatic rings. The molecule has 100 valence electrons. The van der Waals surface area contributed by atoms with Gasteiger partial charge in [-0.15, -0.1) is 0 Å². The van der Waals surface area contributed by atoms with E-state index in [2.05, 4.69) is 43.0 Å². The van der Waals surface area contributed by atoms with Crippen LogP contribution in [0.25, 0.3) is 0 Å². The third kappa shape index (κ3) is 4.61. The lowest BCUT2D eigenvalue weighted by molar-refractivity contribution is 0.138. The maximum Gasteiger partial charge on any atom is 0.101 e. The van der Waals surface area contributed by atoms with Crippen molar-refractivity contribution in [2.75, 3.05) is 13.1 Å². The average molecular weight is 238 g/mol. The van der Waals surface area contributed by atoms with E-state index >= 15 is 0 Å². The van der Waals surface area contributed by atoms with E-state index in [9.17, 15) is 0 Å². The van der Waals surface area contributed by atoms with Gasteiger partial charge < -0.3 is 9.80 Å². The van der Waals surface area contributed by atoms with E-state index in [1.807, 2.05) is 0 Å². The van der Waals surface area contributed by atoms with Crippen LogP contribution in [0.15, 0.2) is 12.4 Å². The quantitative estimate of drug-likeness (QED) is 0.556. The summed E-state index contributed by atoms with van der Waals surface area (Å²) in [6.07, 6.45) is 14.5. The Labute approximate surface area is 108 Å². The third-order valence-electron chi connectivity index (χ3n) is 3.53. The van der Waals surface area contributed by atoms with Crippen LogP contribution in [0.1, 0.15) is 65.7 Å². The van der Waals surface area contributed by atoms with Crippen molar-refractivity contribution in [3.8, 4) is 0 Å². The minimum absolute atomic E-state index is 0.646. The third-order valence-corrected chi connectivity index (χ3v) is 3.53. The summed E-state index contributed by atoms with van der Waals surface area (Å²) >= 11 is 0. The van der Waals surface area contributed by atoms with Gasteiger partial charge in [-0.05, 0) is 25.7 Å². The van der Waals surface area contributed by atoms with Gasteiger partial charge in [-0.3, -0.25) is 0 Å². The van der Waals surface area contributed by atoms with Crippen LogP contribution in [0.5, 0.6) is 0 Å². The molecule has 1 unspecified atom stereocenters. The van der Waals surface area contributed by atoms with E-state index in [0.29, 0.717) is 6.17 Å². The van der Waals surface area contributed by atoms with Crippen molar-refractivity contribution in [3.63, 3.8) is 0 Å². The highest BCUT2D eigenvalue weighted by molar-refractivity contribution is 4.96. The van der Waals surface area contributed by atoms with Crippen LogP contribution in [0.3, 0.4) is 0 Å². The average Bonchev–Trinajstić information content (AvgIpc) is 2.70. The number of hydrogen-bond donors (Lipinski definition) is 0. The Morgan fingerprint density at radius 3 is 2.00 bits per heavy atom. The van der Waals surface area contributed by atoms with E-state index in [-0.39, 0.29) is 0 Å². The van der Waals surface area contributed by atoms with Crippen LogP contribution in [0.4, 0.5) is 0 Å². The lowest BCUT2D eigenvalue weighted by Crippen LogP contribution is -2.39. The fourth-order valence-corrected chi connectivity index (χ4v) is 2.52. The number of rotatable bonds is 9.